The van der Waals surface area contributed by atoms with Crippen LogP contribution in [0.15, 0.2) is 41.1 Å². The summed E-state index contributed by atoms with van der Waals surface area (Å²) in [6.45, 7) is 10.4. The van der Waals surface area contributed by atoms with Crippen molar-refractivity contribution in [1.82, 2.24) is 15.1 Å². The summed E-state index contributed by atoms with van der Waals surface area (Å²) in [5.41, 5.74) is 3.61. The van der Waals surface area contributed by atoms with Gasteiger partial charge in [-0.25, -0.2) is 9.97 Å². The molecule has 28 heavy (non-hydrogen) atoms. The SMILES string of the molecule is Cc1cc(NC(=O)c2ccnc(Nc3c(C(C)C)cccc3C(C)C)n2)no1. The number of nitrogens with zero attached hydrogens (tertiary/aromatic N) is 3. The number of hydrogen-bond acceptors (Lipinski definition) is 6. The van der Waals surface area contributed by atoms with Gasteiger partial charge in [0.2, 0.25) is 5.95 Å². The van der Waals surface area contributed by atoms with Crippen LogP contribution in [0.5, 0.6) is 0 Å². The molecule has 0 unspecified atom stereocenters. The first-order valence-corrected chi connectivity index (χ1v) is 9.32. The molecule has 0 saturated heterocycles. The number of aryl methyl sites for hydroxylation is 1. The van der Waals surface area contributed by atoms with E-state index in [1.165, 1.54) is 11.1 Å². The van der Waals surface area contributed by atoms with Crippen molar-refractivity contribution in [2.45, 2.75) is 46.5 Å². The largest absolute Gasteiger partial charge is 0.360 e. The zero-order chi connectivity index (χ0) is 20.3. The van der Waals surface area contributed by atoms with Crippen molar-refractivity contribution in [1.29, 1.82) is 0 Å². The van der Waals surface area contributed by atoms with E-state index in [1.807, 2.05) is 0 Å². The lowest BCUT2D eigenvalue weighted by molar-refractivity contribution is 0.102. The quantitative estimate of drug-likeness (QED) is 0.625. The van der Waals surface area contributed by atoms with Gasteiger partial charge in [0.15, 0.2) is 5.82 Å². The van der Waals surface area contributed by atoms with Gasteiger partial charge in [0.05, 0.1) is 0 Å². The molecule has 1 amide bonds. The predicted molar refractivity (Wildman–Crippen MR) is 109 cm³/mol. The van der Waals surface area contributed by atoms with Crippen LogP contribution in [0.1, 0.15) is 66.9 Å². The normalized spacial score (nSPS) is 11.1. The predicted octanol–water partition coefficient (Wildman–Crippen LogP) is 5.02. The van der Waals surface area contributed by atoms with Crippen molar-refractivity contribution in [2.75, 3.05) is 10.6 Å². The maximum Gasteiger partial charge on any atom is 0.275 e. The van der Waals surface area contributed by atoms with Crippen LogP contribution < -0.4 is 10.6 Å². The fourth-order valence-electron chi connectivity index (χ4n) is 2.96. The van der Waals surface area contributed by atoms with E-state index in [-0.39, 0.29) is 11.6 Å². The van der Waals surface area contributed by atoms with Crippen molar-refractivity contribution in [3.8, 4) is 0 Å². The molecule has 2 N–H and O–H groups in total. The van der Waals surface area contributed by atoms with E-state index in [0.717, 1.165) is 5.69 Å². The summed E-state index contributed by atoms with van der Waals surface area (Å²) >= 11 is 0. The van der Waals surface area contributed by atoms with E-state index in [0.29, 0.717) is 29.4 Å². The Kier molecular flexibility index (Phi) is 5.73. The first-order chi connectivity index (χ1) is 13.3. The van der Waals surface area contributed by atoms with Gasteiger partial charge in [0.1, 0.15) is 11.5 Å². The van der Waals surface area contributed by atoms with Crippen LogP contribution in [-0.4, -0.2) is 21.0 Å². The topological polar surface area (TPSA) is 92.9 Å². The summed E-state index contributed by atoms with van der Waals surface area (Å²) in [5.74, 6) is 1.64. The summed E-state index contributed by atoms with van der Waals surface area (Å²) in [6.07, 6.45) is 1.56. The fourth-order valence-corrected chi connectivity index (χ4v) is 2.96. The molecule has 2 heterocycles. The van der Waals surface area contributed by atoms with Gasteiger partial charge in [-0.05, 0) is 36.0 Å². The van der Waals surface area contributed by atoms with E-state index < -0.39 is 0 Å². The van der Waals surface area contributed by atoms with E-state index in [9.17, 15) is 4.79 Å². The maximum absolute atomic E-state index is 12.5. The Morgan fingerprint density at radius 3 is 2.32 bits per heavy atom. The molecular weight excluding hydrogens is 354 g/mol. The molecule has 0 atom stereocenters. The summed E-state index contributed by atoms with van der Waals surface area (Å²) in [5, 5.41) is 9.77. The third-order valence-corrected chi connectivity index (χ3v) is 4.37. The molecule has 3 rings (SSSR count). The zero-order valence-corrected chi connectivity index (χ0v) is 16.8. The molecule has 2 aromatic heterocycles. The minimum Gasteiger partial charge on any atom is -0.360 e. The molecule has 0 fully saturated rings. The standard InChI is InChI=1S/C21H25N5O2/c1-12(2)15-7-6-8-16(13(3)4)19(15)25-21-22-10-9-17(23-21)20(27)24-18-11-14(5)28-26-18/h6-13H,1-5H3,(H,22,23,25)(H,24,26,27). The Bertz CT molecular complexity index is 952. The van der Waals surface area contributed by atoms with Crippen LogP contribution in [0.2, 0.25) is 0 Å². The number of rotatable bonds is 6. The average Bonchev–Trinajstić information content (AvgIpc) is 3.06. The van der Waals surface area contributed by atoms with Crippen LogP contribution >= 0.6 is 0 Å². The molecule has 0 saturated carbocycles. The Morgan fingerprint density at radius 2 is 1.75 bits per heavy atom. The third kappa shape index (κ3) is 4.36. The van der Waals surface area contributed by atoms with Gasteiger partial charge >= 0.3 is 0 Å². The van der Waals surface area contributed by atoms with Gasteiger partial charge in [-0.1, -0.05) is 51.1 Å². The highest BCUT2D eigenvalue weighted by Crippen LogP contribution is 2.33. The van der Waals surface area contributed by atoms with E-state index in [4.69, 9.17) is 4.52 Å². The van der Waals surface area contributed by atoms with Crippen molar-refractivity contribution in [3.05, 3.63) is 59.1 Å². The fraction of sp³-hybridized carbons (Fsp3) is 0.333. The minimum absolute atomic E-state index is 0.242. The van der Waals surface area contributed by atoms with Gasteiger partial charge in [0, 0.05) is 18.0 Å². The number of benzene rings is 1. The van der Waals surface area contributed by atoms with Crippen LogP contribution in [0, 0.1) is 6.92 Å². The molecule has 0 radical (unpaired) electrons. The van der Waals surface area contributed by atoms with Gasteiger partial charge in [-0.15, -0.1) is 0 Å². The Hall–Kier alpha value is -3.22. The first-order valence-electron chi connectivity index (χ1n) is 9.32. The minimum atomic E-state index is -0.375. The highest BCUT2D eigenvalue weighted by Gasteiger charge is 2.16. The lowest BCUT2D eigenvalue weighted by Crippen LogP contribution is -2.15. The third-order valence-electron chi connectivity index (χ3n) is 4.37. The second kappa shape index (κ2) is 8.21. The average molecular weight is 379 g/mol. The van der Waals surface area contributed by atoms with Crippen molar-refractivity contribution in [2.24, 2.45) is 0 Å². The molecule has 146 valence electrons. The second-order valence-corrected chi connectivity index (χ2v) is 7.29. The maximum atomic E-state index is 12.5. The van der Waals surface area contributed by atoms with Gasteiger partial charge < -0.3 is 15.2 Å². The van der Waals surface area contributed by atoms with Gasteiger partial charge in [-0.3, -0.25) is 4.79 Å². The number of anilines is 3. The second-order valence-electron chi connectivity index (χ2n) is 7.29. The molecule has 0 aliphatic carbocycles. The lowest BCUT2D eigenvalue weighted by Gasteiger charge is -2.20. The number of amides is 1. The highest BCUT2D eigenvalue weighted by atomic mass is 16.5. The Labute approximate surface area is 164 Å². The number of para-hydroxylation sites is 1. The van der Waals surface area contributed by atoms with Gasteiger partial charge in [0.25, 0.3) is 5.91 Å². The van der Waals surface area contributed by atoms with Crippen LogP contribution in [0.25, 0.3) is 0 Å². The molecule has 7 heteroatoms. The van der Waals surface area contributed by atoms with Gasteiger partial charge in [-0.2, -0.15) is 0 Å². The number of carbonyl (C=O) groups excluding carboxylic acids is 1. The van der Waals surface area contributed by atoms with Crippen molar-refractivity contribution < 1.29 is 9.32 Å². The van der Waals surface area contributed by atoms with Crippen molar-refractivity contribution >= 4 is 23.4 Å². The Morgan fingerprint density at radius 1 is 1.07 bits per heavy atom. The van der Waals surface area contributed by atoms with Crippen LogP contribution in [-0.2, 0) is 0 Å². The number of aromatic nitrogens is 3. The van der Waals surface area contributed by atoms with E-state index >= 15 is 0 Å². The number of carbonyl (C=O) groups is 1. The lowest BCUT2D eigenvalue weighted by atomic mass is 9.93. The Balaban J connectivity index is 1.88. The molecule has 0 bridgehead atoms. The van der Waals surface area contributed by atoms with E-state index in [2.05, 4.69) is 71.7 Å². The number of hydrogen-bond donors (Lipinski definition) is 2. The van der Waals surface area contributed by atoms with E-state index in [1.54, 1.807) is 25.3 Å². The number of nitrogens with one attached hydrogen (secondary N) is 2. The molecule has 3 aromatic rings. The molecule has 0 spiro atoms. The molecular formula is C21H25N5O2. The summed E-state index contributed by atoms with van der Waals surface area (Å²) < 4.78 is 4.97. The smallest absolute Gasteiger partial charge is 0.275 e. The summed E-state index contributed by atoms with van der Waals surface area (Å²) in [4.78, 5) is 21.1. The summed E-state index contributed by atoms with van der Waals surface area (Å²) in [6, 6.07) is 9.47. The molecule has 7 nitrogen and oxygen atoms in total. The molecule has 1 aromatic carbocycles. The zero-order valence-electron chi connectivity index (χ0n) is 16.8. The monoisotopic (exact) mass is 379 g/mol. The molecule has 0 aliphatic heterocycles. The summed E-state index contributed by atoms with van der Waals surface area (Å²) in [7, 11) is 0. The first kappa shape index (κ1) is 19.5. The van der Waals surface area contributed by atoms with Crippen molar-refractivity contribution in [3.63, 3.8) is 0 Å². The highest BCUT2D eigenvalue weighted by molar-refractivity contribution is 6.02. The van der Waals surface area contributed by atoms with Crippen LogP contribution in [0.3, 0.4) is 0 Å². The van der Waals surface area contributed by atoms with Crippen LogP contribution in [0.4, 0.5) is 17.5 Å². The molecule has 0 aliphatic rings.